The molecule has 4 aromatic rings. The lowest BCUT2D eigenvalue weighted by atomic mass is 10.0. The van der Waals surface area contributed by atoms with E-state index in [1.807, 2.05) is 42.5 Å². The van der Waals surface area contributed by atoms with Crippen LogP contribution in [0, 0.1) is 5.82 Å². The van der Waals surface area contributed by atoms with Crippen LogP contribution in [0.2, 0.25) is 0 Å². The van der Waals surface area contributed by atoms with Crippen LogP contribution < -0.4 is 0 Å². The normalized spacial score (nSPS) is 10.6. The highest BCUT2D eigenvalue weighted by Gasteiger charge is 2.23. The van der Waals surface area contributed by atoms with Crippen molar-refractivity contribution < 1.29 is 18.4 Å². The zero-order valence-electron chi connectivity index (χ0n) is 19.8. The van der Waals surface area contributed by atoms with Crippen molar-refractivity contribution in [2.45, 2.75) is 13.1 Å². The SMILES string of the molecule is C=CCN(CC(=O)N(Cc1ccc(F)cc1)Cc1ccco1)C(=O)c1ccc(-c2ccccc2)cc1. The molecule has 1 aromatic heterocycles. The molecule has 0 radical (unpaired) electrons. The Bertz CT molecular complexity index is 1280. The van der Waals surface area contributed by atoms with Gasteiger partial charge in [-0.05, 0) is 53.1 Å². The minimum absolute atomic E-state index is 0.132. The maximum Gasteiger partial charge on any atom is 0.254 e. The van der Waals surface area contributed by atoms with Gasteiger partial charge in [0.15, 0.2) is 0 Å². The van der Waals surface area contributed by atoms with Gasteiger partial charge in [-0.2, -0.15) is 0 Å². The van der Waals surface area contributed by atoms with E-state index < -0.39 is 0 Å². The third kappa shape index (κ3) is 6.36. The minimum Gasteiger partial charge on any atom is -0.467 e. The molecule has 3 aromatic carbocycles. The first-order valence-corrected chi connectivity index (χ1v) is 11.6. The van der Waals surface area contributed by atoms with Crippen LogP contribution >= 0.6 is 0 Å². The maximum atomic E-state index is 13.4. The van der Waals surface area contributed by atoms with E-state index in [0.29, 0.717) is 11.3 Å². The van der Waals surface area contributed by atoms with Crippen LogP contribution in [0.4, 0.5) is 4.39 Å². The molecule has 0 aliphatic rings. The molecular weight excluding hydrogens is 455 g/mol. The Morgan fingerprint density at radius 3 is 2.14 bits per heavy atom. The van der Waals surface area contributed by atoms with Gasteiger partial charge in [0.1, 0.15) is 18.1 Å². The lowest BCUT2D eigenvalue weighted by Crippen LogP contribution is -2.42. The summed E-state index contributed by atoms with van der Waals surface area (Å²) >= 11 is 0. The molecule has 182 valence electrons. The summed E-state index contributed by atoms with van der Waals surface area (Å²) in [6.45, 7) is 4.32. The minimum atomic E-state index is -0.344. The van der Waals surface area contributed by atoms with Crippen LogP contribution in [0.25, 0.3) is 11.1 Å². The van der Waals surface area contributed by atoms with Crippen molar-refractivity contribution in [2.75, 3.05) is 13.1 Å². The number of carbonyl (C=O) groups is 2. The molecule has 0 N–H and O–H groups in total. The Morgan fingerprint density at radius 2 is 1.50 bits per heavy atom. The second-order valence-electron chi connectivity index (χ2n) is 8.37. The topological polar surface area (TPSA) is 53.8 Å². The van der Waals surface area contributed by atoms with Gasteiger partial charge in [0.05, 0.1) is 12.8 Å². The first kappa shape index (κ1) is 24.7. The number of nitrogens with zero attached hydrogens (tertiary/aromatic N) is 2. The molecule has 5 nitrogen and oxygen atoms in total. The number of halogens is 1. The van der Waals surface area contributed by atoms with E-state index in [1.54, 1.807) is 53.6 Å². The first-order chi connectivity index (χ1) is 17.5. The number of amides is 2. The Balaban J connectivity index is 1.50. The van der Waals surface area contributed by atoms with Crippen molar-refractivity contribution in [1.82, 2.24) is 9.80 Å². The van der Waals surface area contributed by atoms with Gasteiger partial charge < -0.3 is 14.2 Å². The van der Waals surface area contributed by atoms with Crippen LogP contribution in [0.5, 0.6) is 0 Å². The van der Waals surface area contributed by atoms with E-state index in [2.05, 4.69) is 6.58 Å². The molecule has 0 aliphatic heterocycles. The average Bonchev–Trinajstić information content (AvgIpc) is 3.43. The average molecular weight is 483 g/mol. The number of hydrogen-bond acceptors (Lipinski definition) is 3. The Hall–Kier alpha value is -4.45. The molecule has 0 bridgehead atoms. The third-order valence-corrected chi connectivity index (χ3v) is 5.77. The third-order valence-electron chi connectivity index (χ3n) is 5.77. The van der Waals surface area contributed by atoms with E-state index in [4.69, 9.17) is 4.42 Å². The Kier molecular flexibility index (Phi) is 8.08. The number of benzene rings is 3. The van der Waals surface area contributed by atoms with Crippen LogP contribution in [-0.2, 0) is 17.9 Å². The second kappa shape index (κ2) is 11.8. The lowest BCUT2D eigenvalue weighted by Gasteiger charge is -2.27. The van der Waals surface area contributed by atoms with Gasteiger partial charge in [0.2, 0.25) is 5.91 Å². The highest BCUT2D eigenvalue weighted by Crippen LogP contribution is 2.20. The molecule has 0 saturated carbocycles. The fourth-order valence-corrected chi connectivity index (χ4v) is 3.89. The second-order valence-corrected chi connectivity index (χ2v) is 8.37. The van der Waals surface area contributed by atoms with E-state index in [9.17, 15) is 14.0 Å². The summed E-state index contributed by atoms with van der Waals surface area (Å²) < 4.78 is 18.8. The van der Waals surface area contributed by atoms with Crippen molar-refractivity contribution in [3.05, 3.63) is 133 Å². The molecule has 1 heterocycles. The molecule has 0 unspecified atom stereocenters. The van der Waals surface area contributed by atoms with E-state index in [-0.39, 0.29) is 43.8 Å². The smallest absolute Gasteiger partial charge is 0.254 e. The van der Waals surface area contributed by atoms with Gasteiger partial charge in [0.25, 0.3) is 5.91 Å². The van der Waals surface area contributed by atoms with Gasteiger partial charge in [-0.3, -0.25) is 9.59 Å². The Morgan fingerprint density at radius 1 is 0.806 bits per heavy atom. The molecule has 0 fully saturated rings. The highest BCUT2D eigenvalue weighted by atomic mass is 19.1. The van der Waals surface area contributed by atoms with Crippen molar-refractivity contribution in [3.8, 4) is 11.1 Å². The lowest BCUT2D eigenvalue weighted by molar-refractivity contribution is -0.133. The van der Waals surface area contributed by atoms with Crippen LogP contribution in [0.3, 0.4) is 0 Å². The maximum absolute atomic E-state index is 13.4. The van der Waals surface area contributed by atoms with Gasteiger partial charge in [-0.1, -0.05) is 60.7 Å². The molecule has 6 heteroatoms. The van der Waals surface area contributed by atoms with Gasteiger partial charge in [-0.25, -0.2) is 4.39 Å². The summed E-state index contributed by atoms with van der Waals surface area (Å²) in [4.78, 5) is 29.7. The first-order valence-electron chi connectivity index (χ1n) is 11.6. The van der Waals surface area contributed by atoms with E-state index in [1.165, 1.54) is 17.0 Å². The molecular formula is C30H27FN2O3. The van der Waals surface area contributed by atoms with Crippen LogP contribution in [-0.4, -0.2) is 34.7 Å². The molecule has 0 saturated heterocycles. The molecule has 4 rings (SSSR count). The highest BCUT2D eigenvalue weighted by molar-refractivity contribution is 5.97. The zero-order valence-corrected chi connectivity index (χ0v) is 19.8. The number of carbonyl (C=O) groups excluding carboxylic acids is 2. The quantitative estimate of drug-likeness (QED) is 0.263. The standard InChI is InChI=1S/C30H27FN2O3/c1-2-18-32(30(35)26-14-12-25(13-15-26)24-7-4-3-5-8-24)22-29(34)33(21-28-9-6-19-36-28)20-23-10-16-27(31)17-11-23/h2-17,19H,1,18,20-22H2. The van der Waals surface area contributed by atoms with E-state index >= 15 is 0 Å². The summed E-state index contributed by atoms with van der Waals surface area (Å²) in [5, 5.41) is 0. The summed E-state index contributed by atoms with van der Waals surface area (Å²) in [7, 11) is 0. The number of furan rings is 1. The molecule has 2 amide bonds. The van der Waals surface area contributed by atoms with Crippen molar-refractivity contribution >= 4 is 11.8 Å². The summed E-state index contributed by atoms with van der Waals surface area (Å²) in [5.74, 6) is -0.248. The molecule has 0 spiro atoms. The van der Waals surface area contributed by atoms with Crippen LogP contribution in [0.1, 0.15) is 21.7 Å². The van der Waals surface area contributed by atoms with Gasteiger partial charge >= 0.3 is 0 Å². The zero-order chi connectivity index (χ0) is 25.3. The van der Waals surface area contributed by atoms with Gasteiger partial charge in [-0.15, -0.1) is 6.58 Å². The predicted molar refractivity (Wildman–Crippen MR) is 137 cm³/mol. The largest absolute Gasteiger partial charge is 0.467 e. The number of hydrogen-bond donors (Lipinski definition) is 0. The summed E-state index contributed by atoms with van der Waals surface area (Å²) in [6.07, 6.45) is 3.14. The van der Waals surface area contributed by atoms with E-state index in [0.717, 1.165) is 16.7 Å². The van der Waals surface area contributed by atoms with Crippen molar-refractivity contribution in [2.24, 2.45) is 0 Å². The van der Waals surface area contributed by atoms with Crippen molar-refractivity contribution in [1.29, 1.82) is 0 Å². The molecule has 36 heavy (non-hydrogen) atoms. The summed E-state index contributed by atoms with van der Waals surface area (Å²) in [5.41, 5.74) is 3.32. The Labute approximate surface area is 210 Å². The monoisotopic (exact) mass is 482 g/mol. The van der Waals surface area contributed by atoms with Crippen LogP contribution in [0.15, 0.2) is 114 Å². The molecule has 0 atom stereocenters. The fourth-order valence-electron chi connectivity index (χ4n) is 3.89. The fraction of sp³-hybridized carbons (Fsp3) is 0.133. The van der Waals surface area contributed by atoms with Gasteiger partial charge in [0, 0.05) is 18.7 Å². The predicted octanol–water partition coefficient (Wildman–Crippen LogP) is 5.94. The number of rotatable bonds is 10. The summed E-state index contributed by atoms with van der Waals surface area (Å²) in [6, 6.07) is 26.8. The molecule has 0 aliphatic carbocycles. The van der Waals surface area contributed by atoms with Crippen molar-refractivity contribution in [3.63, 3.8) is 0 Å².